The van der Waals surface area contributed by atoms with Crippen LogP contribution in [0.1, 0.15) is 37.0 Å². The van der Waals surface area contributed by atoms with Gasteiger partial charge in [0.15, 0.2) is 0 Å². The van der Waals surface area contributed by atoms with Gasteiger partial charge in [-0.2, -0.15) is 0 Å². The zero-order valence-electron chi connectivity index (χ0n) is 15.1. The van der Waals surface area contributed by atoms with E-state index in [0.717, 1.165) is 42.4 Å². The second-order valence-corrected chi connectivity index (χ2v) is 8.02. The molecule has 1 fully saturated rings. The van der Waals surface area contributed by atoms with Gasteiger partial charge < -0.3 is 15.5 Å². The van der Waals surface area contributed by atoms with Crippen molar-refractivity contribution >= 4 is 27.7 Å². The number of carbonyl (C=O) groups is 2. The van der Waals surface area contributed by atoms with Crippen molar-refractivity contribution in [3.05, 3.63) is 34.3 Å². The number of nitrogens with zero attached hydrogens (tertiary/aromatic N) is 1. The van der Waals surface area contributed by atoms with Crippen LogP contribution < -0.4 is 10.6 Å². The number of halogens is 1. The molecule has 2 atom stereocenters. The van der Waals surface area contributed by atoms with Crippen LogP contribution in [0.15, 0.2) is 28.7 Å². The Kier molecular flexibility index (Phi) is 7.90. The Labute approximate surface area is 158 Å². The maximum absolute atomic E-state index is 12.0. The van der Waals surface area contributed by atoms with Crippen molar-refractivity contribution < 1.29 is 9.59 Å². The van der Waals surface area contributed by atoms with E-state index in [1.165, 1.54) is 6.42 Å². The third kappa shape index (κ3) is 7.16. The van der Waals surface area contributed by atoms with Gasteiger partial charge in [0.05, 0.1) is 6.54 Å². The molecule has 5 nitrogen and oxygen atoms in total. The molecule has 138 valence electrons. The molecule has 6 heteroatoms. The second kappa shape index (κ2) is 9.92. The maximum Gasteiger partial charge on any atom is 0.251 e. The number of nitrogens with one attached hydrogen (secondary N) is 2. The molecular weight excluding hydrogens is 382 g/mol. The molecule has 1 aliphatic heterocycles. The first-order valence-corrected chi connectivity index (χ1v) is 9.76. The standard InChI is InChI=1S/C19H28BrN3O2/c1-14-9-15(2)13-23(12-14)8-4-7-21-18(24)11-22-19(25)16-5-3-6-17(20)10-16/h3,5-6,10,14-15H,4,7-9,11-13H2,1-2H3,(H,21,24)(H,22,25). The van der Waals surface area contributed by atoms with Crippen LogP contribution in [-0.2, 0) is 4.79 Å². The molecule has 0 aliphatic carbocycles. The van der Waals surface area contributed by atoms with Crippen molar-refractivity contribution in [3.8, 4) is 0 Å². The van der Waals surface area contributed by atoms with E-state index >= 15 is 0 Å². The average Bonchev–Trinajstić information content (AvgIpc) is 2.55. The topological polar surface area (TPSA) is 61.4 Å². The quantitative estimate of drug-likeness (QED) is 0.680. The molecule has 0 saturated carbocycles. The van der Waals surface area contributed by atoms with E-state index in [2.05, 4.69) is 45.3 Å². The van der Waals surface area contributed by atoms with Gasteiger partial charge in [0.1, 0.15) is 0 Å². The average molecular weight is 410 g/mol. The number of amides is 2. The molecule has 1 aromatic rings. The summed E-state index contributed by atoms with van der Waals surface area (Å²) in [6.45, 7) is 8.58. The summed E-state index contributed by atoms with van der Waals surface area (Å²) >= 11 is 3.33. The van der Waals surface area contributed by atoms with Gasteiger partial charge in [-0.05, 0) is 49.4 Å². The zero-order chi connectivity index (χ0) is 18.2. The number of hydrogen-bond acceptors (Lipinski definition) is 3. The fraction of sp³-hybridized carbons (Fsp3) is 0.579. The van der Waals surface area contributed by atoms with Crippen LogP contribution in [0.3, 0.4) is 0 Å². The Hall–Kier alpha value is -1.40. The lowest BCUT2D eigenvalue weighted by Crippen LogP contribution is -2.41. The van der Waals surface area contributed by atoms with Gasteiger partial charge >= 0.3 is 0 Å². The Morgan fingerprint density at radius 3 is 2.60 bits per heavy atom. The number of rotatable bonds is 7. The molecule has 0 spiro atoms. The summed E-state index contributed by atoms with van der Waals surface area (Å²) in [6.07, 6.45) is 2.25. The minimum atomic E-state index is -0.243. The highest BCUT2D eigenvalue weighted by molar-refractivity contribution is 9.10. The van der Waals surface area contributed by atoms with Gasteiger partial charge in [0.25, 0.3) is 5.91 Å². The molecule has 2 N–H and O–H groups in total. The van der Waals surface area contributed by atoms with E-state index < -0.39 is 0 Å². The fourth-order valence-corrected chi connectivity index (χ4v) is 3.86. The van der Waals surface area contributed by atoms with Crippen molar-refractivity contribution in [2.45, 2.75) is 26.7 Å². The van der Waals surface area contributed by atoms with E-state index in [1.807, 2.05) is 6.07 Å². The third-order valence-electron chi connectivity index (χ3n) is 4.41. The molecule has 2 unspecified atom stereocenters. The molecule has 1 aromatic carbocycles. The summed E-state index contributed by atoms with van der Waals surface area (Å²) in [6, 6.07) is 7.10. The van der Waals surface area contributed by atoms with Gasteiger partial charge in [0, 0.05) is 29.7 Å². The number of carbonyl (C=O) groups excluding carboxylic acids is 2. The van der Waals surface area contributed by atoms with E-state index in [0.29, 0.717) is 12.1 Å². The van der Waals surface area contributed by atoms with Crippen LogP contribution in [0.4, 0.5) is 0 Å². The Morgan fingerprint density at radius 2 is 1.92 bits per heavy atom. The van der Waals surface area contributed by atoms with Crippen molar-refractivity contribution in [1.82, 2.24) is 15.5 Å². The predicted molar refractivity (Wildman–Crippen MR) is 103 cm³/mol. The highest BCUT2D eigenvalue weighted by Crippen LogP contribution is 2.20. The van der Waals surface area contributed by atoms with Gasteiger partial charge in [0.2, 0.25) is 5.91 Å². The molecule has 1 heterocycles. The van der Waals surface area contributed by atoms with Crippen LogP contribution in [0.25, 0.3) is 0 Å². The van der Waals surface area contributed by atoms with Crippen LogP contribution >= 0.6 is 15.9 Å². The summed E-state index contributed by atoms with van der Waals surface area (Å²) in [5.41, 5.74) is 0.538. The summed E-state index contributed by atoms with van der Waals surface area (Å²) in [5.74, 6) is 1.12. The van der Waals surface area contributed by atoms with Crippen molar-refractivity contribution in [1.29, 1.82) is 0 Å². The molecule has 2 amide bonds. The maximum atomic E-state index is 12.0. The molecule has 0 aromatic heterocycles. The van der Waals surface area contributed by atoms with Crippen LogP contribution in [0.2, 0.25) is 0 Å². The number of benzene rings is 1. The van der Waals surface area contributed by atoms with Gasteiger partial charge in [-0.1, -0.05) is 35.8 Å². The predicted octanol–water partition coefficient (Wildman–Crippen LogP) is 2.66. The highest BCUT2D eigenvalue weighted by atomic mass is 79.9. The third-order valence-corrected chi connectivity index (χ3v) is 4.91. The van der Waals surface area contributed by atoms with Crippen molar-refractivity contribution in [2.24, 2.45) is 11.8 Å². The molecule has 1 aliphatic rings. The molecule has 0 radical (unpaired) electrons. The van der Waals surface area contributed by atoms with E-state index in [-0.39, 0.29) is 18.4 Å². The summed E-state index contributed by atoms with van der Waals surface area (Å²) in [7, 11) is 0. The van der Waals surface area contributed by atoms with Gasteiger partial charge in [-0.25, -0.2) is 0 Å². The minimum absolute atomic E-state index is 0.00310. The van der Waals surface area contributed by atoms with Crippen LogP contribution in [0, 0.1) is 11.8 Å². The van der Waals surface area contributed by atoms with Crippen molar-refractivity contribution in [3.63, 3.8) is 0 Å². The van der Waals surface area contributed by atoms with Gasteiger partial charge in [-0.15, -0.1) is 0 Å². The highest BCUT2D eigenvalue weighted by Gasteiger charge is 2.21. The molecule has 1 saturated heterocycles. The first-order valence-electron chi connectivity index (χ1n) is 8.97. The largest absolute Gasteiger partial charge is 0.355 e. The number of piperidine rings is 1. The Balaban J connectivity index is 1.60. The lowest BCUT2D eigenvalue weighted by Gasteiger charge is -2.34. The zero-order valence-corrected chi connectivity index (χ0v) is 16.6. The Bertz CT molecular complexity index is 584. The van der Waals surface area contributed by atoms with E-state index in [9.17, 15) is 9.59 Å². The smallest absolute Gasteiger partial charge is 0.251 e. The Morgan fingerprint density at radius 1 is 1.20 bits per heavy atom. The van der Waals surface area contributed by atoms with Crippen LogP contribution in [-0.4, -0.2) is 49.4 Å². The fourth-order valence-electron chi connectivity index (χ4n) is 3.46. The second-order valence-electron chi connectivity index (χ2n) is 7.10. The monoisotopic (exact) mass is 409 g/mol. The first-order chi connectivity index (χ1) is 11.9. The van der Waals surface area contributed by atoms with Crippen molar-refractivity contribution in [2.75, 3.05) is 32.7 Å². The minimum Gasteiger partial charge on any atom is -0.355 e. The molecule has 25 heavy (non-hydrogen) atoms. The summed E-state index contributed by atoms with van der Waals surface area (Å²) in [4.78, 5) is 26.3. The summed E-state index contributed by atoms with van der Waals surface area (Å²) < 4.78 is 0.839. The number of hydrogen-bond donors (Lipinski definition) is 2. The lowest BCUT2D eigenvalue weighted by molar-refractivity contribution is -0.120. The molecular formula is C19H28BrN3O2. The van der Waals surface area contributed by atoms with E-state index in [4.69, 9.17) is 0 Å². The molecule has 0 bridgehead atoms. The van der Waals surface area contributed by atoms with Gasteiger partial charge in [-0.3, -0.25) is 9.59 Å². The SMILES string of the molecule is CC1CC(C)CN(CCCNC(=O)CNC(=O)c2cccc(Br)c2)C1. The first kappa shape index (κ1) is 19.9. The normalized spacial score (nSPS) is 20.9. The van der Waals surface area contributed by atoms with E-state index in [1.54, 1.807) is 18.2 Å². The number of likely N-dealkylation sites (tertiary alicyclic amines) is 1. The molecule has 2 rings (SSSR count). The van der Waals surface area contributed by atoms with Crippen LogP contribution in [0.5, 0.6) is 0 Å². The summed E-state index contributed by atoms with van der Waals surface area (Å²) in [5, 5.41) is 5.52. The lowest BCUT2D eigenvalue weighted by atomic mass is 9.92.